The molecule has 2 aromatic rings. The first-order valence-corrected chi connectivity index (χ1v) is 5.26. The lowest BCUT2D eigenvalue weighted by atomic mass is 10.2. The molecule has 86 valence electrons. The van der Waals surface area contributed by atoms with E-state index in [0.29, 0.717) is 11.3 Å². The standard InChI is InChI=1S/C14H12O3/c15-14(12-7-3-1-4-8-12)17-11-16-13-9-5-2-6-10-13/h1-10H,11H2. The van der Waals surface area contributed by atoms with Crippen molar-refractivity contribution >= 4 is 5.97 Å². The van der Waals surface area contributed by atoms with Gasteiger partial charge in [-0.2, -0.15) is 0 Å². The van der Waals surface area contributed by atoms with Gasteiger partial charge in [0.1, 0.15) is 5.75 Å². The van der Waals surface area contributed by atoms with Crippen LogP contribution in [0.1, 0.15) is 10.4 Å². The molecule has 0 unspecified atom stereocenters. The third-order valence-corrected chi connectivity index (χ3v) is 2.17. The van der Waals surface area contributed by atoms with Crippen LogP contribution in [0.5, 0.6) is 5.75 Å². The molecule has 2 aromatic carbocycles. The fourth-order valence-electron chi connectivity index (χ4n) is 1.33. The molecule has 0 saturated carbocycles. The van der Waals surface area contributed by atoms with Crippen LogP contribution < -0.4 is 4.74 Å². The van der Waals surface area contributed by atoms with Crippen LogP contribution in [0, 0.1) is 0 Å². The Kier molecular flexibility index (Phi) is 3.76. The predicted molar refractivity (Wildman–Crippen MR) is 63.8 cm³/mol. The molecule has 0 aliphatic rings. The molecule has 0 saturated heterocycles. The summed E-state index contributed by atoms with van der Waals surface area (Å²) in [6, 6.07) is 18.0. The molecule has 0 fully saturated rings. The van der Waals surface area contributed by atoms with Gasteiger partial charge in [-0.05, 0) is 24.3 Å². The molecule has 3 nitrogen and oxygen atoms in total. The smallest absolute Gasteiger partial charge is 0.340 e. The highest BCUT2D eigenvalue weighted by molar-refractivity contribution is 5.89. The van der Waals surface area contributed by atoms with Crippen molar-refractivity contribution < 1.29 is 14.3 Å². The van der Waals surface area contributed by atoms with Crippen molar-refractivity contribution in [2.45, 2.75) is 0 Å². The number of ether oxygens (including phenoxy) is 2. The molecule has 0 aromatic heterocycles. The zero-order chi connectivity index (χ0) is 11.9. The topological polar surface area (TPSA) is 35.5 Å². The predicted octanol–water partition coefficient (Wildman–Crippen LogP) is 2.88. The summed E-state index contributed by atoms with van der Waals surface area (Å²) >= 11 is 0. The van der Waals surface area contributed by atoms with Crippen LogP contribution in [0.2, 0.25) is 0 Å². The molecule has 0 bridgehead atoms. The maximum atomic E-state index is 11.5. The summed E-state index contributed by atoms with van der Waals surface area (Å²) in [5.41, 5.74) is 0.518. The summed E-state index contributed by atoms with van der Waals surface area (Å²) in [6.07, 6.45) is 0. The Morgan fingerprint density at radius 1 is 0.882 bits per heavy atom. The molecule has 0 aliphatic carbocycles. The molecule has 17 heavy (non-hydrogen) atoms. The molecule has 0 radical (unpaired) electrons. The minimum Gasteiger partial charge on any atom is -0.457 e. The maximum absolute atomic E-state index is 11.5. The van der Waals surface area contributed by atoms with E-state index in [2.05, 4.69) is 0 Å². The van der Waals surface area contributed by atoms with Gasteiger partial charge in [-0.15, -0.1) is 0 Å². The van der Waals surface area contributed by atoms with E-state index in [-0.39, 0.29) is 12.8 Å². The van der Waals surface area contributed by atoms with Gasteiger partial charge in [0.05, 0.1) is 5.56 Å². The van der Waals surface area contributed by atoms with Crippen LogP contribution in [0.4, 0.5) is 0 Å². The number of para-hydroxylation sites is 1. The van der Waals surface area contributed by atoms with Gasteiger partial charge in [-0.1, -0.05) is 36.4 Å². The first-order chi connectivity index (χ1) is 8.36. The lowest BCUT2D eigenvalue weighted by Crippen LogP contribution is -2.10. The lowest BCUT2D eigenvalue weighted by Gasteiger charge is -2.06. The number of esters is 1. The molecular weight excluding hydrogens is 216 g/mol. The minimum atomic E-state index is -0.387. The monoisotopic (exact) mass is 228 g/mol. The first-order valence-electron chi connectivity index (χ1n) is 5.26. The van der Waals surface area contributed by atoms with Gasteiger partial charge in [0, 0.05) is 0 Å². The van der Waals surface area contributed by atoms with E-state index in [4.69, 9.17) is 9.47 Å². The van der Waals surface area contributed by atoms with Gasteiger partial charge in [-0.3, -0.25) is 0 Å². The van der Waals surface area contributed by atoms with Crippen molar-refractivity contribution in [2.24, 2.45) is 0 Å². The second-order valence-corrected chi connectivity index (χ2v) is 3.37. The highest BCUT2D eigenvalue weighted by atomic mass is 16.7. The molecule has 0 atom stereocenters. The van der Waals surface area contributed by atoms with Crippen LogP contribution in [0.25, 0.3) is 0 Å². The molecule has 0 heterocycles. The summed E-state index contributed by atoms with van der Waals surface area (Å²) in [5, 5.41) is 0. The molecular formula is C14H12O3. The van der Waals surface area contributed by atoms with Crippen LogP contribution >= 0.6 is 0 Å². The van der Waals surface area contributed by atoms with Gasteiger partial charge < -0.3 is 9.47 Å². The molecule has 0 amide bonds. The van der Waals surface area contributed by atoms with E-state index in [9.17, 15) is 4.79 Å². The van der Waals surface area contributed by atoms with Crippen molar-refractivity contribution in [3.05, 3.63) is 66.2 Å². The highest BCUT2D eigenvalue weighted by Crippen LogP contribution is 2.08. The summed E-state index contributed by atoms with van der Waals surface area (Å²) < 4.78 is 10.2. The average Bonchev–Trinajstić information content (AvgIpc) is 2.41. The lowest BCUT2D eigenvalue weighted by molar-refractivity contribution is 0.0154. The highest BCUT2D eigenvalue weighted by Gasteiger charge is 2.05. The number of rotatable bonds is 4. The van der Waals surface area contributed by atoms with Crippen molar-refractivity contribution in [1.29, 1.82) is 0 Å². The SMILES string of the molecule is O=C(OCOc1ccccc1)c1ccccc1. The van der Waals surface area contributed by atoms with Gasteiger partial charge in [-0.25, -0.2) is 4.79 Å². The Hall–Kier alpha value is -2.29. The van der Waals surface area contributed by atoms with Crippen LogP contribution in [0.15, 0.2) is 60.7 Å². The molecule has 0 N–H and O–H groups in total. The van der Waals surface area contributed by atoms with Gasteiger partial charge in [0.25, 0.3) is 0 Å². The van der Waals surface area contributed by atoms with Crippen LogP contribution in [0.3, 0.4) is 0 Å². The third kappa shape index (κ3) is 3.34. The number of benzene rings is 2. The van der Waals surface area contributed by atoms with E-state index in [1.54, 1.807) is 36.4 Å². The minimum absolute atomic E-state index is 0.0856. The van der Waals surface area contributed by atoms with Crippen LogP contribution in [-0.4, -0.2) is 12.8 Å². The Morgan fingerprint density at radius 2 is 1.47 bits per heavy atom. The Balaban J connectivity index is 1.82. The Bertz CT molecular complexity index is 465. The second-order valence-electron chi connectivity index (χ2n) is 3.37. The fourth-order valence-corrected chi connectivity index (χ4v) is 1.33. The van der Waals surface area contributed by atoms with E-state index < -0.39 is 0 Å². The van der Waals surface area contributed by atoms with Crippen molar-refractivity contribution in [1.82, 2.24) is 0 Å². The molecule has 2 rings (SSSR count). The normalized spacial score (nSPS) is 9.65. The number of hydrogen-bond acceptors (Lipinski definition) is 3. The second kappa shape index (κ2) is 5.70. The average molecular weight is 228 g/mol. The van der Waals surface area contributed by atoms with E-state index in [1.165, 1.54) is 0 Å². The number of hydrogen-bond donors (Lipinski definition) is 0. The Morgan fingerprint density at radius 3 is 2.12 bits per heavy atom. The summed E-state index contributed by atoms with van der Waals surface area (Å²) in [7, 11) is 0. The number of carbonyl (C=O) groups is 1. The summed E-state index contributed by atoms with van der Waals surface area (Å²) in [4.78, 5) is 11.5. The quantitative estimate of drug-likeness (QED) is 0.596. The van der Waals surface area contributed by atoms with E-state index in [0.717, 1.165) is 0 Å². The van der Waals surface area contributed by atoms with Crippen molar-refractivity contribution in [3.63, 3.8) is 0 Å². The van der Waals surface area contributed by atoms with Crippen molar-refractivity contribution in [3.8, 4) is 5.75 Å². The fraction of sp³-hybridized carbons (Fsp3) is 0.0714. The molecule has 0 aliphatic heterocycles. The molecule has 0 spiro atoms. The summed E-state index contributed by atoms with van der Waals surface area (Å²) in [6.45, 7) is -0.0856. The first kappa shape index (κ1) is 11.2. The zero-order valence-corrected chi connectivity index (χ0v) is 9.21. The van der Waals surface area contributed by atoms with Gasteiger partial charge in [0.15, 0.2) is 0 Å². The van der Waals surface area contributed by atoms with E-state index >= 15 is 0 Å². The van der Waals surface area contributed by atoms with Crippen molar-refractivity contribution in [2.75, 3.05) is 6.79 Å². The summed E-state index contributed by atoms with van der Waals surface area (Å²) in [5.74, 6) is 0.287. The third-order valence-electron chi connectivity index (χ3n) is 2.17. The van der Waals surface area contributed by atoms with Gasteiger partial charge in [0.2, 0.25) is 6.79 Å². The van der Waals surface area contributed by atoms with E-state index in [1.807, 2.05) is 24.3 Å². The number of carbonyl (C=O) groups excluding carboxylic acids is 1. The Labute approximate surface area is 99.6 Å². The maximum Gasteiger partial charge on any atom is 0.340 e. The van der Waals surface area contributed by atoms with Gasteiger partial charge >= 0.3 is 5.97 Å². The van der Waals surface area contributed by atoms with Crippen LogP contribution in [-0.2, 0) is 4.74 Å². The molecule has 3 heteroatoms. The largest absolute Gasteiger partial charge is 0.457 e. The zero-order valence-electron chi connectivity index (χ0n) is 9.21.